The second-order valence-electron chi connectivity index (χ2n) is 4.46. The molecule has 0 atom stereocenters. The molecular formula is C14H14BrClN2O. The Morgan fingerprint density at radius 3 is 2.53 bits per heavy atom. The highest BCUT2D eigenvalue weighted by Crippen LogP contribution is 2.19. The second-order valence-corrected chi connectivity index (χ2v) is 5.76. The fourth-order valence-electron chi connectivity index (χ4n) is 1.48. The molecule has 0 radical (unpaired) electrons. The van der Waals surface area contributed by atoms with Crippen LogP contribution in [0, 0.1) is 0 Å². The topological polar surface area (TPSA) is 35.0 Å². The number of rotatable bonds is 4. The van der Waals surface area contributed by atoms with Crippen molar-refractivity contribution in [1.82, 2.24) is 9.97 Å². The van der Waals surface area contributed by atoms with Gasteiger partial charge in [0.15, 0.2) is 0 Å². The highest BCUT2D eigenvalue weighted by molar-refractivity contribution is 9.10. The molecule has 1 aromatic carbocycles. The minimum absolute atomic E-state index is 0.216. The summed E-state index contributed by atoms with van der Waals surface area (Å²) in [5.74, 6) is 1.42. The van der Waals surface area contributed by atoms with Crippen molar-refractivity contribution in [2.75, 3.05) is 0 Å². The summed E-state index contributed by atoms with van der Waals surface area (Å²) in [6, 6.07) is 9.58. The maximum Gasteiger partial charge on any atom is 0.218 e. The lowest BCUT2D eigenvalue weighted by molar-refractivity contribution is 0.291. The lowest BCUT2D eigenvalue weighted by Crippen LogP contribution is -2.02. The minimum atomic E-state index is 0.216. The summed E-state index contributed by atoms with van der Waals surface area (Å²) in [4.78, 5) is 8.51. The van der Waals surface area contributed by atoms with Crippen molar-refractivity contribution in [2.45, 2.75) is 26.4 Å². The Balaban J connectivity index is 2.08. The van der Waals surface area contributed by atoms with Crippen LogP contribution in [-0.2, 0) is 6.61 Å². The summed E-state index contributed by atoms with van der Waals surface area (Å²) in [6.45, 7) is 4.49. The molecule has 3 nitrogen and oxygen atoms in total. The zero-order valence-corrected chi connectivity index (χ0v) is 13.1. The molecule has 0 N–H and O–H groups in total. The van der Waals surface area contributed by atoms with Crippen molar-refractivity contribution in [3.8, 4) is 5.88 Å². The third kappa shape index (κ3) is 4.18. The van der Waals surface area contributed by atoms with Gasteiger partial charge in [0.05, 0.1) is 0 Å². The molecule has 0 aliphatic carbocycles. The highest BCUT2D eigenvalue weighted by Gasteiger charge is 2.08. The van der Waals surface area contributed by atoms with Crippen LogP contribution in [0.25, 0.3) is 0 Å². The summed E-state index contributed by atoms with van der Waals surface area (Å²) in [5.41, 5.74) is 1.07. The molecule has 19 heavy (non-hydrogen) atoms. The van der Waals surface area contributed by atoms with Gasteiger partial charge in [0, 0.05) is 16.5 Å². The van der Waals surface area contributed by atoms with E-state index < -0.39 is 0 Å². The molecule has 0 aliphatic heterocycles. The summed E-state index contributed by atoms with van der Waals surface area (Å²) < 4.78 is 6.70. The fourth-order valence-corrected chi connectivity index (χ4v) is 1.93. The van der Waals surface area contributed by atoms with Gasteiger partial charge in [-0.3, -0.25) is 0 Å². The zero-order valence-electron chi connectivity index (χ0n) is 10.7. The van der Waals surface area contributed by atoms with Gasteiger partial charge in [-0.1, -0.05) is 53.5 Å². The van der Waals surface area contributed by atoms with Gasteiger partial charge in [-0.15, -0.1) is 0 Å². The number of hydrogen-bond acceptors (Lipinski definition) is 3. The first kappa shape index (κ1) is 14.3. The van der Waals surface area contributed by atoms with Crippen molar-refractivity contribution >= 4 is 27.5 Å². The van der Waals surface area contributed by atoms with Crippen molar-refractivity contribution < 1.29 is 4.74 Å². The lowest BCUT2D eigenvalue weighted by Gasteiger charge is -2.09. The van der Waals surface area contributed by atoms with E-state index in [4.69, 9.17) is 16.3 Å². The molecule has 0 saturated carbocycles. The quantitative estimate of drug-likeness (QED) is 0.763. The van der Waals surface area contributed by atoms with Gasteiger partial charge in [-0.2, -0.15) is 4.98 Å². The molecule has 1 aromatic heterocycles. The van der Waals surface area contributed by atoms with E-state index in [1.54, 1.807) is 6.07 Å². The Bertz CT molecular complexity index is 558. The molecule has 1 heterocycles. The molecule has 2 rings (SSSR count). The first-order valence-corrected chi connectivity index (χ1v) is 7.13. The predicted molar refractivity (Wildman–Crippen MR) is 79.6 cm³/mol. The maximum atomic E-state index is 5.96. The van der Waals surface area contributed by atoms with Crippen LogP contribution in [0.1, 0.15) is 31.2 Å². The Kier molecular flexibility index (Phi) is 4.77. The van der Waals surface area contributed by atoms with E-state index in [9.17, 15) is 0 Å². The first-order valence-electron chi connectivity index (χ1n) is 5.96. The number of ether oxygens (including phenoxy) is 1. The van der Waals surface area contributed by atoms with Gasteiger partial charge in [-0.25, -0.2) is 4.98 Å². The number of benzene rings is 1. The van der Waals surface area contributed by atoms with E-state index in [1.807, 2.05) is 38.1 Å². The molecule has 0 aliphatic rings. The standard InChI is InChI=1S/C14H14BrClN2O/c1-9(2)14-17-12(16)7-13(18-14)19-8-10-3-5-11(15)6-4-10/h3-7,9H,8H2,1-2H3. The Morgan fingerprint density at radius 1 is 1.21 bits per heavy atom. The molecule has 5 heteroatoms. The van der Waals surface area contributed by atoms with Crippen LogP contribution in [0.3, 0.4) is 0 Å². The molecule has 0 fully saturated rings. The zero-order chi connectivity index (χ0) is 13.8. The van der Waals surface area contributed by atoms with E-state index in [0.29, 0.717) is 23.5 Å². The van der Waals surface area contributed by atoms with E-state index in [2.05, 4.69) is 25.9 Å². The first-order chi connectivity index (χ1) is 9.04. The highest BCUT2D eigenvalue weighted by atomic mass is 79.9. The van der Waals surface area contributed by atoms with Crippen molar-refractivity contribution in [2.24, 2.45) is 0 Å². The van der Waals surface area contributed by atoms with E-state index >= 15 is 0 Å². The molecule has 0 amide bonds. The van der Waals surface area contributed by atoms with Crippen molar-refractivity contribution in [1.29, 1.82) is 0 Å². The normalized spacial score (nSPS) is 10.8. The third-order valence-corrected chi connectivity index (χ3v) is 3.23. The van der Waals surface area contributed by atoms with Crippen LogP contribution in [0.4, 0.5) is 0 Å². The Morgan fingerprint density at radius 2 is 1.89 bits per heavy atom. The molecule has 0 bridgehead atoms. The molecule has 0 saturated heterocycles. The summed E-state index contributed by atoms with van der Waals surface area (Å²) >= 11 is 9.36. The number of aromatic nitrogens is 2. The number of halogens is 2. The van der Waals surface area contributed by atoms with Gasteiger partial charge in [-0.05, 0) is 17.7 Å². The maximum absolute atomic E-state index is 5.96. The van der Waals surface area contributed by atoms with Crippen molar-refractivity contribution in [3.63, 3.8) is 0 Å². The lowest BCUT2D eigenvalue weighted by atomic mass is 10.2. The second kappa shape index (κ2) is 6.35. The summed E-state index contributed by atoms with van der Waals surface area (Å²) in [6.07, 6.45) is 0. The van der Waals surface area contributed by atoms with Crippen LogP contribution in [0.5, 0.6) is 5.88 Å². The van der Waals surface area contributed by atoms with Crippen LogP contribution >= 0.6 is 27.5 Å². The molecule has 100 valence electrons. The van der Waals surface area contributed by atoms with Gasteiger partial charge in [0.25, 0.3) is 0 Å². The van der Waals surface area contributed by atoms with Gasteiger partial charge in [0.1, 0.15) is 17.6 Å². The van der Waals surface area contributed by atoms with E-state index in [1.165, 1.54) is 0 Å². The minimum Gasteiger partial charge on any atom is -0.473 e. The van der Waals surface area contributed by atoms with Gasteiger partial charge in [0.2, 0.25) is 5.88 Å². The Labute approximate surface area is 126 Å². The SMILES string of the molecule is CC(C)c1nc(Cl)cc(OCc2ccc(Br)cc2)n1. The molecule has 2 aromatic rings. The average Bonchev–Trinajstić information content (AvgIpc) is 2.37. The molecule has 0 unspecified atom stereocenters. The number of hydrogen-bond donors (Lipinski definition) is 0. The van der Waals surface area contributed by atoms with Crippen LogP contribution in [0.2, 0.25) is 5.15 Å². The third-order valence-electron chi connectivity index (χ3n) is 2.51. The summed E-state index contributed by atoms with van der Waals surface area (Å²) in [7, 11) is 0. The van der Waals surface area contributed by atoms with Gasteiger partial charge < -0.3 is 4.74 Å². The summed E-state index contributed by atoms with van der Waals surface area (Å²) in [5, 5.41) is 0.407. The van der Waals surface area contributed by atoms with Crippen LogP contribution < -0.4 is 4.74 Å². The number of nitrogens with zero attached hydrogens (tertiary/aromatic N) is 2. The Hall–Kier alpha value is -1.13. The monoisotopic (exact) mass is 340 g/mol. The van der Waals surface area contributed by atoms with Crippen molar-refractivity contribution in [3.05, 3.63) is 51.3 Å². The molecule has 0 spiro atoms. The molecular weight excluding hydrogens is 328 g/mol. The average molecular weight is 342 g/mol. The van der Waals surface area contributed by atoms with Gasteiger partial charge >= 0.3 is 0 Å². The van der Waals surface area contributed by atoms with Crippen LogP contribution in [0.15, 0.2) is 34.8 Å². The largest absolute Gasteiger partial charge is 0.473 e. The van der Waals surface area contributed by atoms with Crippen LogP contribution in [-0.4, -0.2) is 9.97 Å². The van der Waals surface area contributed by atoms with E-state index in [-0.39, 0.29) is 5.92 Å². The van der Waals surface area contributed by atoms with E-state index in [0.717, 1.165) is 10.0 Å². The fraction of sp³-hybridized carbons (Fsp3) is 0.286. The predicted octanol–water partition coefficient (Wildman–Crippen LogP) is 4.59. The smallest absolute Gasteiger partial charge is 0.218 e.